The molecule has 5 nitrogen and oxygen atoms in total. The Morgan fingerprint density at radius 2 is 1.96 bits per heavy atom. The van der Waals surface area contributed by atoms with Gasteiger partial charge in [0.15, 0.2) is 0 Å². The van der Waals surface area contributed by atoms with Crippen LogP contribution in [0.4, 0.5) is 0 Å². The highest BCUT2D eigenvalue weighted by atomic mass is 32.2. The Balaban J connectivity index is 2.12. The highest BCUT2D eigenvalue weighted by Gasteiger charge is 2.35. The molecule has 1 fully saturated rings. The predicted octanol–water partition coefficient (Wildman–Crippen LogP) is 4.32. The second kappa shape index (κ2) is 11.9. The molecule has 28 heavy (non-hydrogen) atoms. The van der Waals surface area contributed by atoms with Crippen LogP contribution in [-0.2, 0) is 14.3 Å². The molecule has 0 bridgehead atoms. The number of allylic oxidation sites excluding steroid dienone is 1. The average Bonchev–Trinajstić information content (AvgIpc) is 2.70. The van der Waals surface area contributed by atoms with E-state index in [0.717, 1.165) is 24.3 Å². The van der Waals surface area contributed by atoms with E-state index in [1.807, 2.05) is 46.9 Å². The van der Waals surface area contributed by atoms with Crippen molar-refractivity contribution >= 4 is 29.9 Å². The van der Waals surface area contributed by atoms with Crippen molar-refractivity contribution in [2.75, 3.05) is 19.4 Å². The molecule has 1 heterocycles. The maximum atomic E-state index is 13.0. The van der Waals surface area contributed by atoms with Crippen molar-refractivity contribution < 1.29 is 14.3 Å². The first-order chi connectivity index (χ1) is 13.5. The molecule has 1 aliphatic rings. The summed E-state index contributed by atoms with van der Waals surface area (Å²) in [7, 11) is 1.39. The Morgan fingerprint density at radius 3 is 2.57 bits per heavy atom. The lowest BCUT2D eigenvalue weighted by molar-refractivity contribution is -0.151. The minimum absolute atomic E-state index is 0.0911. The van der Waals surface area contributed by atoms with Crippen LogP contribution in [-0.4, -0.2) is 35.7 Å². The van der Waals surface area contributed by atoms with Crippen LogP contribution in [0.3, 0.4) is 0 Å². The minimum Gasteiger partial charge on any atom is -0.469 e. The number of carbonyl (C=O) groups is 2. The maximum absolute atomic E-state index is 13.0. The van der Waals surface area contributed by atoms with Gasteiger partial charge in [0.1, 0.15) is 0 Å². The van der Waals surface area contributed by atoms with Gasteiger partial charge in [-0.15, -0.1) is 0 Å². The number of rotatable bonds is 9. The zero-order chi connectivity index (χ0) is 20.4. The first-order valence-corrected chi connectivity index (χ1v) is 11.0. The highest BCUT2D eigenvalue weighted by molar-refractivity contribution is 7.97. The van der Waals surface area contributed by atoms with E-state index in [-0.39, 0.29) is 11.9 Å². The molecular weight excluding hydrogens is 372 g/mol. The lowest BCUT2D eigenvalue weighted by Crippen LogP contribution is -2.46. The quantitative estimate of drug-likeness (QED) is 0.491. The van der Waals surface area contributed by atoms with Crippen LogP contribution in [0.5, 0.6) is 0 Å². The van der Waals surface area contributed by atoms with E-state index in [2.05, 4.69) is 19.3 Å². The van der Waals surface area contributed by atoms with Gasteiger partial charge >= 0.3 is 5.97 Å². The van der Waals surface area contributed by atoms with E-state index in [9.17, 15) is 9.59 Å². The fourth-order valence-corrected chi connectivity index (χ4v) is 4.31. The van der Waals surface area contributed by atoms with Gasteiger partial charge in [-0.05, 0) is 37.2 Å². The van der Waals surface area contributed by atoms with Crippen molar-refractivity contribution in [3.05, 3.63) is 42.0 Å². The maximum Gasteiger partial charge on any atom is 0.309 e. The molecule has 1 N–H and O–H groups in total. The lowest BCUT2D eigenvalue weighted by atomic mass is 9.82. The number of hydrogen-bond acceptors (Lipinski definition) is 5. The summed E-state index contributed by atoms with van der Waals surface area (Å²) in [6.07, 6.45) is 7.31. The Morgan fingerprint density at radius 1 is 1.21 bits per heavy atom. The number of benzene rings is 1. The second-order valence-corrected chi connectivity index (χ2v) is 8.64. The van der Waals surface area contributed by atoms with Crippen molar-refractivity contribution in [3.8, 4) is 0 Å². The Hall–Kier alpha value is -1.79. The molecule has 6 heteroatoms. The van der Waals surface area contributed by atoms with Crippen molar-refractivity contribution in [1.82, 2.24) is 9.84 Å². The van der Waals surface area contributed by atoms with Crippen molar-refractivity contribution in [2.45, 2.75) is 39.5 Å². The normalized spacial score (nSPS) is 17.4. The van der Waals surface area contributed by atoms with Crippen LogP contribution >= 0.6 is 11.9 Å². The van der Waals surface area contributed by atoms with Crippen LogP contribution in [0.25, 0.3) is 6.08 Å². The first-order valence-electron chi connectivity index (χ1n) is 10.0. The third-order valence-electron chi connectivity index (χ3n) is 4.79. The van der Waals surface area contributed by atoms with E-state index in [1.54, 1.807) is 11.9 Å². The number of nitrogens with zero attached hydrogens (tertiary/aromatic N) is 1. The molecule has 154 valence electrons. The van der Waals surface area contributed by atoms with Gasteiger partial charge < -0.3 is 4.74 Å². The third kappa shape index (κ3) is 7.32. The Labute approximate surface area is 173 Å². The zero-order valence-electron chi connectivity index (χ0n) is 17.1. The topological polar surface area (TPSA) is 58.6 Å². The van der Waals surface area contributed by atoms with Crippen molar-refractivity contribution in [1.29, 1.82) is 0 Å². The number of hydrogen-bond donors (Lipinski definition) is 1. The Kier molecular flexibility index (Phi) is 9.58. The standard InChI is InChI=1S/C22H32N2O3S/c1-17(2)16-20(21(25)23-24-14-7-8-15-28-24)19(22(26)27-3)13-9-12-18-10-5-4-6-11-18/h4-6,9-12,17,19-20H,7-8,13-16H2,1-3H3,(H,23,25)/t19-,20+/m0/s1. The summed E-state index contributed by atoms with van der Waals surface area (Å²) >= 11 is 1.64. The molecule has 2 atom stereocenters. The monoisotopic (exact) mass is 404 g/mol. The van der Waals surface area contributed by atoms with Crippen LogP contribution in [0, 0.1) is 17.8 Å². The van der Waals surface area contributed by atoms with Gasteiger partial charge in [-0.25, -0.2) is 0 Å². The number of nitrogens with one attached hydrogen (secondary N) is 1. The largest absolute Gasteiger partial charge is 0.469 e. The smallest absolute Gasteiger partial charge is 0.309 e. The van der Waals surface area contributed by atoms with Gasteiger partial charge in [0.25, 0.3) is 0 Å². The fourth-order valence-electron chi connectivity index (χ4n) is 3.34. The summed E-state index contributed by atoms with van der Waals surface area (Å²) in [6.45, 7) is 4.98. The molecule has 0 aliphatic carbocycles. The summed E-state index contributed by atoms with van der Waals surface area (Å²) in [5, 5.41) is 0. The average molecular weight is 405 g/mol. The van der Waals surface area contributed by atoms with E-state index in [4.69, 9.17) is 4.74 Å². The molecule has 1 aromatic rings. The van der Waals surface area contributed by atoms with Gasteiger partial charge in [-0.2, -0.15) is 4.41 Å². The third-order valence-corrected chi connectivity index (χ3v) is 5.85. The van der Waals surface area contributed by atoms with Crippen LogP contribution in [0.2, 0.25) is 0 Å². The molecule has 0 aromatic heterocycles. The summed E-state index contributed by atoms with van der Waals surface area (Å²) in [5.41, 5.74) is 4.09. The lowest BCUT2D eigenvalue weighted by Gasteiger charge is -2.30. The number of amides is 1. The van der Waals surface area contributed by atoms with Crippen LogP contribution in [0.1, 0.15) is 45.1 Å². The minimum atomic E-state index is -0.498. The second-order valence-electron chi connectivity index (χ2n) is 7.53. The van der Waals surface area contributed by atoms with Gasteiger partial charge in [-0.1, -0.05) is 68.3 Å². The molecule has 1 aliphatic heterocycles. The predicted molar refractivity (Wildman–Crippen MR) is 115 cm³/mol. The van der Waals surface area contributed by atoms with E-state index in [0.29, 0.717) is 18.8 Å². The van der Waals surface area contributed by atoms with Crippen molar-refractivity contribution in [2.24, 2.45) is 17.8 Å². The molecular formula is C22H32N2O3S. The van der Waals surface area contributed by atoms with Gasteiger partial charge in [0, 0.05) is 12.3 Å². The summed E-state index contributed by atoms with van der Waals surface area (Å²) in [6, 6.07) is 9.94. The molecule has 1 aromatic carbocycles. The SMILES string of the molecule is COC(=O)[C@@H](CC=Cc1ccccc1)[C@@H](CC(C)C)C(=O)NN1CCCCS1. The first kappa shape index (κ1) is 22.5. The number of ether oxygens (including phenoxy) is 1. The Bertz CT molecular complexity index is 642. The molecule has 0 unspecified atom stereocenters. The molecule has 2 rings (SSSR count). The number of hydrazine groups is 1. The van der Waals surface area contributed by atoms with Crippen LogP contribution in [0.15, 0.2) is 36.4 Å². The van der Waals surface area contributed by atoms with Gasteiger partial charge in [0.05, 0.1) is 18.9 Å². The van der Waals surface area contributed by atoms with E-state index >= 15 is 0 Å². The number of carbonyl (C=O) groups excluding carboxylic acids is 2. The highest BCUT2D eigenvalue weighted by Crippen LogP contribution is 2.27. The summed E-state index contributed by atoms with van der Waals surface area (Å²) < 4.78 is 6.96. The molecule has 0 spiro atoms. The van der Waals surface area contributed by atoms with E-state index < -0.39 is 11.8 Å². The fraction of sp³-hybridized carbons (Fsp3) is 0.545. The van der Waals surface area contributed by atoms with Crippen LogP contribution < -0.4 is 5.43 Å². The van der Waals surface area contributed by atoms with Gasteiger partial charge in [0.2, 0.25) is 5.91 Å². The number of esters is 1. The molecule has 0 saturated carbocycles. The summed E-state index contributed by atoms with van der Waals surface area (Å²) in [5.74, 6) is -0.0287. The zero-order valence-corrected chi connectivity index (χ0v) is 17.9. The van der Waals surface area contributed by atoms with Gasteiger partial charge in [-0.3, -0.25) is 15.0 Å². The van der Waals surface area contributed by atoms with Crippen molar-refractivity contribution in [3.63, 3.8) is 0 Å². The summed E-state index contributed by atoms with van der Waals surface area (Å²) in [4.78, 5) is 25.6. The molecule has 1 amide bonds. The molecule has 0 radical (unpaired) electrons. The number of methoxy groups -OCH3 is 1. The molecule has 1 saturated heterocycles. The van der Waals surface area contributed by atoms with E-state index in [1.165, 1.54) is 13.5 Å².